The molecule has 28 heavy (non-hydrogen) atoms. The number of aromatic nitrogens is 2. The van der Waals surface area contributed by atoms with Gasteiger partial charge in [-0.25, -0.2) is 4.79 Å². The van der Waals surface area contributed by atoms with E-state index in [-0.39, 0.29) is 29.7 Å². The van der Waals surface area contributed by atoms with Crippen molar-refractivity contribution >= 4 is 27.3 Å². The van der Waals surface area contributed by atoms with Gasteiger partial charge in [0.2, 0.25) is 0 Å². The number of hydrogen-bond acceptors (Lipinski definition) is 4. The molecule has 0 radical (unpaired) electrons. The molecule has 3 aromatic rings. The molecular formula is C22H26N2O3S. The van der Waals surface area contributed by atoms with Crippen LogP contribution in [0.5, 0.6) is 0 Å². The van der Waals surface area contributed by atoms with Gasteiger partial charge in [-0.1, -0.05) is 52.0 Å². The Labute approximate surface area is 168 Å². The Morgan fingerprint density at radius 2 is 1.79 bits per heavy atom. The number of ketones is 1. The summed E-state index contributed by atoms with van der Waals surface area (Å²) in [7, 11) is 0. The van der Waals surface area contributed by atoms with Crippen molar-refractivity contribution in [1.82, 2.24) is 9.55 Å². The van der Waals surface area contributed by atoms with Crippen LogP contribution in [0.25, 0.3) is 21.3 Å². The predicted octanol–water partition coefficient (Wildman–Crippen LogP) is 4.26. The second-order valence-electron chi connectivity index (χ2n) is 8.12. The number of fused-ring (bicyclic) bond motifs is 1. The molecule has 3 rings (SSSR count). The van der Waals surface area contributed by atoms with Crippen LogP contribution in [-0.4, -0.2) is 15.3 Å². The average molecular weight is 399 g/mol. The van der Waals surface area contributed by atoms with Gasteiger partial charge in [0.1, 0.15) is 10.6 Å². The molecule has 0 fully saturated rings. The molecule has 0 bridgehead atoms. The summed E-state index contributed by atoms with van der Waals surface area (Å²) in [5.41, 5.74) is 2.34. The Morgan fingerprint density at radius 1 is 1.14 bits per heavy atom. The lowest BCUT2D eigenvalue weighted by Crippen LogP contribution is -2.35. The molecule has 2 aromatic heterocycles. The highest BCUT2D eigenvalue weighted by atomic mass is 32.1. The van der Waals surface area contributed by atoms with Crippen molar-refractivity contribution in [3.05, 3.63) is 55.5 Å². The number of nitrogens with zero attached hydrogens (tertiary/aromatic N) is 1. The van der Waals surface area contributed by atoms with Crippen molar-refractivity contribution in [1.29, 1.82) is 0 Å². The molecule has 6 heteroatoms. The summed E-state index contributed by atoms with van der Waals surface area (Å²) in [6, 6.07) is 8.29. The van der Waals surface area contributed by atoms with Crippen molar-refractivity contribution in [2.75, 3.05) is 0 Å². The van der Waals surface area contributed by atoms with E-state index >= 15 is 0 Å². The summed E-state index contributed by atoms with van der Waals surface area (Å²) in [5.74, 6) is -0.0519. The van der Waals surface area contributed by atoms with E-state index in [9.17, 15) is 14.4 Å². The average Bonchev–Trinajstić information content (AvgIpc) is 2.99. The number of hydrogen-bond donors (Lipinski definition) is 1. The second-order valence-corrected chi connectivity index (χ2v) is 9.23. The number of rotatable bonds is 5. The number of H-pyrrole nitrogens is 1. The third-order valence-electron chi connectivity index (χ3n) is 4.95. The molecule has 0 spiro atoms. The Balaban J connectivity index is 2.24. The maximum Gasteiger partial charge on any atom is 0.329 e. The maximum atomic E-state index is 13.1. The monoisotopic (exact) mass is 398 g/mol. The van der Waals surface area contributed by atoms with Gasteiger partial charge in [0.05, 0.1) is 5.39 Å². The van der Waals surface area contributed by atoms with Gasteiger partial charge in [-0.3, -0.25) is 19.1 Å². The third kappa shape index (κ3) is 3.74. The standard InChI is InChI=1S/C22H26N2O3S/c1-6-16-17(14-7-9-15(10-8-14)22(3,4)5)18-19(28-16)23-21(27)24(20(18)26)12-11-13(2)25/h7-10H,6,11-12H2,1-5H3,(H,23,27). The van der Waals surface area contributed by atoms with Gasteiger partial charge in [0, 0.05) is 23.4 Å². The summed E-state index contributed by atoms with van der Waals surface area (Å²) in [6.45, 7) is 10.1. The number of benzene rings is 1. The van der Waals surface area contributed by atoms with Crippen molar-refractivity contribution < 1.29 is 4.79 Å². The van der Waals surface area contributed by atoms with Crippen LogP contribution in [0.2, 0.25) is 0 Å². The van der Waals surface area contributed by atoms with Gasteiger partial charge in [0.25, 0.3) is 5.56 Å². The molecule has 0 saturated carbocycles. The molecule has 1 aromatic carbocycles. The van der Waals surface area contributed by atoms with Gasteiger partial charge in [0.15, 0.2) is 0 Å². The molecule has 2 heterocycles. The van der Waals surface area contributed by atoms with Crippen LogP contribution in [-0.2, 0) is 23.2 Å². The summed E-state index contributed by atoms with van der Waals surface area (Å²) in [4.78, 5) is 41.4. The Hall–Kier alpha value is -2.47. The van der Waals surface area contributed by atoms with E-state index in [0.717, 1.165) is 27.0 Å². The van der Waals surface area contributed by atoms with Crippen LogP contribution < -0.4 is 11.2 Å². The smallest absolute Gasteiger partial charge is 0.300 e. The van der Waals surface area contributed by atoms with Crippen LogP contribution in [0.4, 0.5) is 0 Å². The highest BCUT2D eigenvalue weighted by Crippen LogP contribution is 2.37. The summed E-state index contributed by atoms with van der Waals surface area (Å²) in [5, 5.41) is 0.536. The number of aryl methyl sites for hydroxylation is 1. The van der Waals surface area contributed by atoms with Crippen LogP contribution >= 0.6 is 11.3 Å². The highest BCUT2D eigenvalue weighted by Gasteiger charge is 2.20. The fourth-order valence-corrected chi connectivity index (χ4v) is 4.47. The summed E-state index contributed by atoms with van der Waals surface area (Å²) >= 11 is 1.45. The minimum atomic E-state index is -0.461. The van der Waals surface area contributed by atoms with E-state index < -0.39 is 5.69 Å². The van der Waals surface area contributed by atoms with E-state index in [1.807, 2.05) is 19.1 Å². The zero-order valence-electron chi connectivity index (χ0n) is 17.0. The molecule has 1 N–H and O–H groups in total. The maximum absolute atomic E-state index is 13.1. The van der Waals surface area contributed by atoms with E-state index in [1.54, 1.807) is 0 Å². The molecule has 148 valence electrons. The van der Waals surface area contributed by atoms with Crippen LogP contribution in [0.15, 0.2) is 33.9 Å². The molecule has 5 nitrogen and oxygen atoms in total. The lowest BCUT2D eigenvalue weighted by Gasteiger charge is -2.19. The van der Waals surface area contributed by atoms with Gasteiger partial charge in [-0.15, -0.1) is 11.3 Å². The predicted molar refractivity (Wildman–Crippen MR) is 116 cm³/mol. The first-order valence-corrected chi connectivity index (χ1v) is 10.3. The highest BCUT2D eigenvalue weighted by molar-refractivity contribution is 7.19. The number of carbonyl (C=O) groups is 1. The van der Waals surface area contributed by atoms with E-state index in [4.69, 9.17) is 0 Å². The Kier molecular flexibility index (Phi) is 5.44. The lowest BCUT2D eigenvalue weighted by molar-refractivity contribution is -0.117. The molecule has 0 aliphatic carbocycles. The zero-order chi connectivity index (χ0) is 20.6. The quantitative estimate of drug-likeness (QED) is 0.698. The minimum absolute atomic E-state index is 0.0491. The molecule has 0 aliphatic rings. The van der Waals surface area contributed by atoms with E-state index in [0.29, 0.717) is 10.2 Å². The van der Waals surface area contributed by atoms with Crippen molar-refractivity contribution in [3.8, 4) is 11.1 Å². The van der Waals surface area contributed by atoms with E-state index in [2.05, 4.69) is 37.9 Å². The molecular weight excluding hydrogens is 372 g/mol. The van der Waals surface area contributed by atoms with Crippen molar-refractivity contribution in [2.45, 2.75) is 59.4 Å². The summed E-state index contributed by atoms with van der Waals surface area (Å²) in [6.07, 6.45) is 0.930. The van der Waals surface area contributed by atoms with Gasteiger partial charge >= 0.3 is 5.69 Å². The number of nitrogens with one attached hydrogen (secondary N) is 1. The molecule has 0 unspecified atom stereocenters. The van der Waals surface area contributed by atoms with Crippen LogP contribution in [0.1, 0.15) is 51.5 Å². The number of thiophene rings is 1. The first-order chi connectivity index (χ1) is 13.1. The molecule has 0 aliphatic heterocycles. The lowest BCUT2D eigenvalue weighted by atomic mass is 9.86. The second kappa shape index (κ2) is 7.51. The van der Waals surface area contributed by atoms with Gasteiger partial charge in [-0.05, 0) is 29.9 Å². The third-order valence-corrected chi connectivity index (χ3v) is 6.20. The number of carbonyl (C=O) groups excluding carboxylic acids is 1. The van der Waals surface area contributed by atoms with Crippen LogP contribution in [0.3, 0.4) is 0 Å². The Bertz CT molecular complexity index is 1140. The van der Waals surface area contributed by atoms with Crippen molar-refractivity contribution in [2.24, 2.45) is 0 Å². The van der Waals surface area contributed by atoms with Gasteiger partial charge < -0.3 is 0 Å². The fraction of sp³-hybridized carbons (Fsp3) is 0.409. The SMILES string of the molecule is CCc1sc2[nH]c(=O)n(CCC(C)=O)c(=O)c2c1-c1ccc(C(C)(C)C)cc1. The first-order valence-electron chi connectivity index (χ1n) is 9.52. The topological polar surface area (TPSA) is 71.9 Å². The first kappa shape index (κ1) is 20.3. The Morgan fingerprint density at radius 3 is 2.32 bits per heavy atom. The number of Topliss-reactive ketones (excluding diaryl/α,β-unsaturated/α-hetero) is 1. The number of aromatic amines is 1. The molecule has 0 atom stereocenters. The normalized spacial score (nSPS) is 11.9. The fourth-order valence-electron chi connectivity index (χ4n) is 3.33. The zero-order valence-corrected chi connectivity index (χ0v) is 17.8. The van der Waals surface area contributed by atoms with Crippen LogP contribution in [0, 0.1) is 0 Å². The molecule has 0 amide bonds. The minimum Gasteiger partial charge on any atom is -0.300 e. The molecule has 0 saturated heterocycles. The largest absolute Gasteiger partial charge is 0.329 e. The summed E-state index contributed by atoms with van der Waals surface area (Å²) < 4.78 is 1.14. The van der Waals surface area contributed by atoms with E-state index in [1.165, 1.54) is 23.8 Å². The van der Waals surface area contributed by atoms with Crippen molar-refractivity contribution in [3.63, 3.8) is 0 Å². The van der Waals surface area contributed by atoms with Gasteiger partial charge in [-0.2, -0.15) is 0 Å².